The van der Waals surface area contributed by atoms with Gasteiger partial charge in [0.05, 0.1) is 19.3 Å². The van der Waals surface area contributed by atoms with E-state index in [9.17, 15) is 8.42 Å². The third-order valence-corrected chi connectivity index (χ3v) is 4.81. The molecule has 1 aliphatic rings. The number of hydrogen-bond acceptors (Lipinski definition) is 5. The van der Waals surface area contributed by atoms with Crippen molar-refractivity contribution < 1.29 is 17.6 Å². The van der Waals surface area contributed by atoms with Gasteiger partial charge in [-0.25, -0.2) is 8.42 Å². The SMILES string of the molecule is CC1CN(S(=O)(=O)c2ccc(CN)o2)C(C)CO1. The van der Waals surface area contributed by atoms with E-state index in [1.54, 1.807) is 6.07 Å². The summed E-state index contributed by atoms with van der Waals surface area (Å²) >= 11 is 0. The van der Waals surface area contributed by atoms with Crippen molar-refractivity contribution in [2.24, 2.45) is 5.73 Å². The quantitative estimate of drug-likeness (QED) is 0.869. The first-order chi connectivity index (χ1) is 8.45. The van der Waals surface area contributed by atoms with E-state index >= 15 is 0 Å². The van der Waals surface area contributed by atoms with Crippen molar-refractivity contribution >= 4 is 10.0 Å². The topological polar surface area (TPSA) is 85.8 Å². The van der Waals surface area contributed by atoms with Crippen LogP contribution < -0.4 is 5.73 Å². The summed E-state index contributed by atoms with van der Waals surface area (Å²) < 4.78 is 36.9. The van der Waals surface area contributed by atoms with Gasteiger partial charge in [-0.2, -0.15) is 4.31 Å². The van der Waals surface area contributed by atoms with Gasteiger partial charge in [0.1, 0.15) is 5.76 Å². The zero-order chi connectivity index (χ0) is 13.3. The van der Waals surface area contributed by atoms with E-state index in [0.29, 0.717) is 18.9 Å². The zero-order valence-electron chi connectivity index (χ0n) is 10.5. The van der Waals surface area contributed by atoms with Crippen molar-refractivity contribution in [3.8, 4) is 0 Å². The first-order valence-corrected chi connectivity index (χ1v) is 7.31. The highest BCUT2D eigenvalue weighted by Crippen LogP contribution is 2.23. The Bertz CT molecular complexity index is 511. The molecule has 1 fully saturated rings. The molecule has 0 amide bonds. The van der Waals surface area contributed by atoms with Gasteiger partial charge >= 0.3 is 0 Å². The van der Waals surface area contributed by atoms with Gasteiger partial charge in [-0.3, -0.25) is 0 Å². The lowest BCUT2D eigenvalue weighted by Gasteiger charge is -2.34. The van der Waals surface area contributed by atoms with Crippen LogP contribution in [-0.2, 0) is 21.3 Å². The molecule has 0 saturated carbocycles. The largest absolute Gasteiger partial charge is 0.447 e. The third-order valence-electron chi connectivity index (χ3n) is 2.95. The highest BCUT2D eigenvalue weighted by Gasteiger charge is 2.35. The molecule has 0 radical (unpaired) electrons. The predicted molar refractivity (Wildman–Crippen MR) is 65.4 cm³/mol. The van der Waals surface area contributed by atoms with Crippen LogP contribution in [0.4, 0.5) is 0 Å². The molecule has 2 atom stereocenters. The van der Waals surface area contributed by atoms with Gasteiger partial charge in [-0.15, -0.1) is 0 Å². The maximum atomic E-state index is 12.4. The van der Waals surface area contributed by atoms with Crippen LogP contribution in [0.15, 0.2) is 21.6 Å². The molecule has 2 unspecified atom stereocenters. The van der Waals surface area contributed by atoms with Crippen LogP contribution in [-0.4, -0.2) is 38.0 Å². The Hall–Kier alpha value is -0.890. The minimum absolute atomic E-state index is 0.0519. The standard InChI is InChI=1S/C11H18N2O4S/c1-8-7-16-9(2)6-13(8)18(14,15)11-4-3-10(5-12)17-11/h3-4,8-9H,5-7,12H2,1-2H3. The van der Waals surface area contributed by atoms with E-state index < -0.39 is 10.0 Å². The van der Waals surface area contributed by atoms with Crippen molar-refractivity contribution in [2.75, 3.05) is 13.2 Å². The van der Waals surface area contributed by atoms with Crippen molar-refractivity contribution in [2.45, 2.75) is 37.6 Å². The zero-order valence-corrected chi connectivity index (χ0v) is 11.3. The average Bonchev–Trinajstić information content (AvgIpc) is 2.81. The van der Waals surface area contributed by atoms with E-state index in [0.717, 1.165) is 0 Å². The lowest BCUT2D eigenvalue weighted by atomic mass is 10.2. The summed E-state index contributed by atoms with van der Waals surface area (Å²) in [5, 5.41) is -0.0519. The minimum Gasteiger partial charge on any atom is -0.447 e. The molecule has 7 heteroatoms. The van der Waals surface area contributed by atoms with Crippen LogP contribution in [0.1, 0.15) is 19.6 Å². The number of nitrogens with two attached hydrogens (primary N) is 1. The lowest BCUT2D eigenvalue weighted by molar-refractivity contribution is -0.0175. The fourth-order valence-electron chi connectivity index (χ4n) is 1.93. The Morgan fingerprint density at radius 2 is 2.17 bits per heavy atom. The lowest BCUT2D eigenvalue weighted by Crippen LogP contribution is -2.49. The first kappa shape index (κ1) is 13.5. The maximum absolute atomic E-state index is 12.4. The molecule has 0 bridgehead atoms. The molecule has 102 valence electrons. The summed E-state index contributed by atoms with van der Waals surface area (Å²) in [6, 6.07) is 2.84. The molecule has 1 aromatic rings. The summed E-state index contributed by atoms with van der Waals surface area (Å²) in [7, 11) is -3.60. The molecule has 6 nitrogen and oxygen atoms in total. The Morgan fingerprint density at radius 1 is 1.44 bits per heavy atom. The fourth-order valence-corrected chi connectivity index (χ4v) is 3.55. The monoisotopic (exact) mass is 274 g/mol. The number of nitrogens with zero attached hydrogens (tertiary/aromatic N) is 1. The second kappa shape index (κ2) is 5.00. The second-order valence-corrected chi connectivity index (χ2v) is 6.31. The van der Waals surface area contributed by atoms with Crippen molar-refractivity contribution in [3.05, 3.63) is 17.9 Å². The summed E-state index contributed by atoms with van der Waals surface area (Å²) in [5.41, 5.74) is 5.41. The molecular weight excluding hydrogens is 256 g/mol. The average molecular weight is 274 g/mol. The first-order valence-electron chi connectivity index (χ1n) is 5.87. The summed E-state index contributed by atoms with van der Waals surface area (Å²) in [6.07, 6.45) is -0.111. The summed E-state index contributed by atoms with van der Waals surface area (Å²) in [4.78, 5) is 0. The maximum Gasteiger partial charge on any atom is 0.276 e. The van der Waals surface area contributed by atoms with E-state index in [1.165, 1.54) is 10.4 Å². The molecule has 2 rings (SSSR count). The molecular formula is C11H18N2O4S. The highest BCUT2D eigenvalue weighted by atomic mass is 32.2. The van der Waals surface area contributed by atoms with Gasteiger partial charge in [-0.05, 0) is 26.0 Å². The minimum atomic E-state index is -3.60. The van der Waals surface area contributed by atoms with E-state index in [2.05, 4.69) is 0 Å². The Labute approximate surface area is 107 Å². The molecule has 2 N–H and O–H groups in total. The van der Waals surface area contributed by atoms with Crippen LogP contribution >= 0.6 is 0 Å². The van der Waals surface area contributed by atoms with E-state index in [-0.39, 0.29) is 23.8 Å². The molecule has 0 aliphatic carbocycles. The van der Waals surface area contributed by atoms with Gasteiger partial charge in [0.25, 0.3) is 10.0 Å². The molecule has 1 aliphatic heterocycles. The molecule has 0 spiro atoms. The highest BCUT2D eigenvalue weighted by molar-refractivity contribution is 7.89. The molecule has 1 saturated heterocycles. The Kier molecular flexibility index (Phi) is 3.76. The smallest absolute Gasteiger partial charge is 0.276 e. The van der Waals surface area contributed by atoms with Crippen molar-refractivity contribution in [1.29, 1.82) is 0 Å². The van der Waals surface area contributed by atoms with Gasteiger partial charge in [0, 0.05) is 12.6 Å². The number of furan rings is 1. The Balaban J connectivity index is 2.29. The van der Waals surface area contributed by atoms with Crippen LogP contribution in [0.5, 0.6) is 0 Å². The van der Waals surface area contributed by atoms with Crippen LogP contribution in [0, 0.1) is 0 Å². The van der Waals surface area contributed by atoms with Gasteiger partial charge < -0.3 is 14.9 Å². The number of morpholine rings is 1. The van der Waals surface area contributed by atoms with Gasteiger partial charge in [-0.1, -0.05) is 0 Å². The van der Waals surface area contributed by atoms with Crippen LogP contribution in [0.3, 0.4) is 0 Å². The predicted octanol–water partition coefficient (Wildman–Crippen LogP) is 0.536. The number of rotatable bonds is 3. The van der Waals surface area contributed by atoms with Crippen LogP contribution in [0.25, 0.3) is 0 Å². The van der Waals surface area contributed by atoms with Crippen LogP contribution in [0.2, 0.25) is 0 Å². The second-order valence-electron chi connectivity index (χ2n) is 4.49. The Morgan fingerprint density at radius 3 is 2.78 bits per heavy atom. The molecule has 18 heavy (non-hydrogen) atoms. The summed E-state index contributed by atoms with van der Waals surface area (Å²) in [5.74, 6) is 0.461. The molecule has 0 aromatic carbocycles. The number of sulfonamides is 1. The summed E-state index contributed by atoms with van der Waals surface area (Å²) in [6.45, 7) is 4.58. The number of ether oxygens (including phenoxy) is 1. The molecule has 1 aromatic heterocycles. The normalized spacial score (nSPS) is 26.4. The molecule has 2 heterocycles. The van der Waals surface area contributed by atoms with E-state index in [4.69, 9.17) is 14.9 Å². The fraction of sp³-hybridized carbons (Fsp3) is 0.636. The van der Waals surface area contributed by atoms with E-state index in [1.807, 2.05) is 13.8 Å². The number of hydrogen-bond donors (Lipinski definition) is 1. The van der Waals surface area contributed by atoms with Crippen molar-refractivity contribution in [3.63, 3.8) is 0 Å². The van der Waals surface area contributed by atoms with Gasteiger partial charge in [0.15, 0.2) is 0 Å². The third kappa shape index (κ3) is 2.44. The van der Waals surface area contributed by atoms with Crippen molar-refractivity contribution in [1.82, 2.24) is 4.31 Å². The van der Waals surface area contributed by atoms with Gasteiger partial charge in [0.2, 0.25) is 5.09 Å².